The van der Waals surface area contributed by atoms with E-state index in [1.54, 1.807) is 34.9 Å². The zero-order valence-corrected chi connectivity index (χ0v) is 19.6. The molecule has 33 heavy (non-hydrogen) atoms. The molecule has 1 saturated carbocycles. The Morgan fingerprint density at radius 1 is 1.15 bits per heavy atom. The summed E-state index contributed by atoms with van der Waals surface area (Å²) < 4.78 is 4.21. The highest BCUT2D eigenvalue weighted by Crippen LogP contribution is 2.48. The minimum absolute atomic E-state index is 0.143. The van der Waals surface area contributed by atoms with Gasteiger partial charge in [-0.15, -0.1) is 10.2 Å². The van der Waals surface area contributed by atoms with Crippen LogP contribution in [0.2, 0.25) is 5.02 Å². The molecule has 1 N–H and O–H groups in total. The van der Waals surface area contributed by atoms with E-state index in [4.69, 9.17) is 11.6 Å². The van der Waals surface area contributed by atoms with E-state index in [0.717, 1.165) is 25.1 Å². The standard InChI is InChI=1S/C26H26ClN5O/c1-16-3-8-22-20(11-16)24(17-4-5-17)23-9-10-26(2,13-32(22)23)30-25(33)19-7-6-18(12-21(19)27)31-14-28-29-15-31/h3,6-8,11-12,14-15,17H,4-5,9-10,13H2,1-2H3,(H,30,33)/t26-/m1/s1. The summed E-state index contributed by atoms with van der Waals surface area (Å²) in [6.07, 6.45) is 7.66. The number of nitrogens with one attached hydrogen (secondary N) is 1. The fourth-order valence-corrected chi connectivity index (χ4v) is 5.53. The van der Waals surface area contributed by atoms with Crippen molar-refractivity contribution < 1.29 is 4.79 Å². The highest BCUT2D eigenvalue weighted by Gasteiger charge is 2.38. The summed E-state index contributed by atoms with van der Waals surface area (Å²) in [5.74, 6) is 0.559. The number of carbonyl (C=O) groups excluding carboxylic acids is 1. The van der Waals surface area contributed by atoms with Crippen LogP contribution in [-0.4, -0.2) is 30.8 Å². The van der Waals surface area contributed by atoms with Crippen LogP contribution < -0.4 is 5.32 Å². The van der Waals surface area contributed by atoms with E-state index < -0.39 is 0 Å². The topological polar surface area (TPSA) is 64.7 Å². The first kappa shape index (κ1) is 20.5. The fraction of sp³-hybridized carbons (Fsp3) is 0.346. The predicted octanol–water partition coefficient (Wildman–Crippen LogP) is 5.20. The van der Waals surface area contributed by atoms with Crippen molar-refractivity contribution in [3.05, 3.63) is 76.5 Å². The van der Waals surface area contributed by atoms with Crippen LogP contribution in [0.1, 0.15) is 59.3 Å². The third-order valence-corrected chi connectivity index (χ3v) is 7.42. The molecule has 0 saturated heterocycles. The molecule has 3 heterocycles. The Bertz CT molecular complexity index is 1390. The molecule has 2 aliphatic rings. The number of halogens is 1. The average molecular weight is 460 g/mol. The van der Waals surface area contributed by atoms with Crippen molar-refractivity contribution >= 4 is 28.4 Å². The van der Waals surface area contributed by atoms with Gasteiger partial charge in [-0.3, -0.25) is 9.36 Å². The molecule has 0 radical (unpaired) electrons. The molecule has 6 rings (SSSR count). The fourth-order valence-electron chi connectivity index (χ4n) is 5.27. The maximum atomic E-state index is 13.2. The Labute approximate surface area is 197 Å². The number of hydrogen-bond acceptors (Lipinski definition) is 3. The van der Waals surface area contributed by atoms with E-state index in [1.165, 1.54) is 35.0 Å². The van der Waals surface area contributed by atoms with Crippen molar-refractivity contribution in [3.8, 4) is 5.69 Å². The lowest BCUT2D eigenvalue weighted by Crippen LogP contribution is -2.51. The lowest BCUT2D eigenvalue weighted by Gasteiger charge is -2.37. The third kappa shape index (κ3) is 3.53. The SMILES string of the molecule is Cc1ccc2c(c1)c(C1CC1)c1n2C[C@](C)(NC(=O)c2ccc(-n3cnnc3)cc2Cl)CC1. The second-order valence-corrected chi connectivity index (χ2v) is 10.2. The first-order valence-corrected chi connectivity index (χ1v) is 11.9. The van der Waals surface area contributed by atoms with Crippen molar-refractivity contribution in [1.29, 1.82) is 0 Å². The Hall–Kier alpha value is -3.12. The second kappa shape index (κ2) is 7.45. The molecule has 1 atom stereocenters. The van der Waals surface area contributed by atoms with Crippen LogP contribution in [0.5, 0.6) is 0 Å². The van der Waals surface area contributed by atoms with Gasteiger partial charge in [0.15, 0.2) is 0 Å². The monoisotopic (exact) mass is 459 g/mol. The van der Waals surface area contributed by atoms with Crippen molar-refractivity contribution in [2.24, 2.45) is 0 Å². The van der Waals surface area contributed by atoms with Crippen molar-refractivity contribution in [3.63, 3.8) is 0 Å². The molecule has 6 nitrogen and oxygen atoms in total. The van der Waals surface area contributed by atoms with E-state index in [0.29, 0.717) is 16.5 Å². The lowest BCUT2D eigenvalue weighted by atomic mass is 9.89. The maximum Gasteiger partial charge on any atom is 0.253 e. The number of aryl methyl sites for hydroxylation is 1. The van der Waals surface area contributed by atoms with Gasteiger partial charge in [-0.25, -0.2) is 0 Å². The number of aromatic nitrogens is 4. The summed E-state index contributed by atoms with van der Waals surface area (Å²) >= 11 is 6.50. The molecule has 0 bridgehead atoms. The van der Waals surface area contributed by atoms with Gasteiger partial charge in [0.2, 0.25) is 0 Å². The number of amides is 1. The molecular formula is C26H26ClN5O. The smallest absolute Gasteiger partial charge is 0.253 e. The van der Waals surface area contributed by atoms with Crippen molar-refractivity contribution in [2.45, 2.75) is 57.5 Å². The zero-order chi connectivity index (χ0) is 22.7. The highest BCUT2D eigenvalue weighted by atomic mass is 35.5. The molecule has 1 amide bonds. The van der Waals surface area contributed by atoms with Crippen LogP contribution in [0.15, 0.2) is 49.1 Å². The summed E-state index contributed by atoms with van der Waals surface area (Å²) in [5, 5.41) is 12.8. The first-order valence-electron chi connectivity index (χ1n) is 11.5. The second-order valence-electron chi connectivity index (χ2n) is 9.79. The summed E-state index contributed by atoms with van der Waals surface area (Å²) in [4.78, 5) is 13.2. The van der Waals surface area contributed by atoms with E-state index in [2.05, 4.69) is 52.1 Å². The number of benzene rings is 2. The van der Waals surface area contributed by atoms with Gasteiger partial charge in [0.25, 0.3) is 5.91 Å². The Kier molecular flexibility index (Phi) is 4.63. The molecule has 1 aliphatic carbocycles. The Balaban J connectivity index is 1.29. The number of carbonyl (C=O) groups is 1. The summed E-state index contributed by atoms with van der Waals surface area (Å²) in [6, 6.07) is 12.2. The number of hydrogen-bond donors (Lipinski definition) is 1. The average Bonchev–Trinajstić information content (AvgIpc) is 3.36. The van der Waals surface area contributed by atoms with Gasteiger partial charge < -0.3 is 9.88 Å². The van der Waals surface area contributed by atoms with E-state index in [1.807, 2.05) is 6.07 Å². The normalized spacial score (nSPS) is 20.1. The van der Waals surface area contributed by atoms with Gasteiger partial charge in [0.05, 0.1) is 16.1 Å². The van der Waals surface area contributed by atoms with E-state index in [9.17, 15) is 4.79 Å². The predicted molar refractivity (Wildman–Crippen MR) is 129 cm³/mol. The largest absolute Gasteiger partial charge is 0.345 e. The van der Waals surface area contributed by atoms with Crippen LogP contribution in [0.3, 0.4) is 0 Å². The number of fused-ring (bicyclic) bond motifs is 3. The summed E-state index contributed by atoms with van der Waals surface area (Å²) in [6.45, 7) is 5.07. The van der Waals surface area contributed by atoms with Crippen LogP contribution >= 0.6 is 11.6 Å². The molecule has 1 aliphatic heterocycles. The van der Waals surface area contributed by atoms with Gasteiger partial charge in [-0.05, 0) is 81.3 Å². The summed E-state index contributed by atoms with van der Waals surface area (Å²) in [5.41, 5.74) is 6.54. The summed E-state index contributed by atoms with van der Waals surface area (Å²) in [7, 11) is 0. The first-order chi connectivity index (χ1) is 15.9. The molecule has 7 heteroatoms. The van der Waals surface area contributed by atoms with Gasteiger partial charge in [-0.2, -0.15) is 0 Å². The van der Waals surface area contributed by atoms with Gasteiger partial charge in [0, 0.05) is 28.8 Å². The molecular weight excluding hydrogens is 434 g/mol. The molecule has 4 aromatic rings. The minimum atomic E-state index is -0.349. The van der Waals surface area contributed by atoms with Crippen LogP contribution in [0, 0.1) is 6.92 Å². The molecule has 168 valence electrons. The molecule has 0 unspecified atom stereocenters. The third-order valence-electron chi connectivity index (χ3n) is 7.11. The van der Waals surface area contributed by atoms with Gasteiger partial charge in [-0.1, -0.05) is 23.2 Å². The Morgan fingerprint density at radius 3 is 2.67 bits per heavy atom. The highest BCUT2D eigenvalue weighted by molar-refractivity contribution is 6.34. The van der Waals surface area contributed by atoms with Crippen LogP contribution in [0.25, 0.3) is 16.6 Å². The van der Waals surface area contributed by atoms with E-state index in [-0.39, 0.29) is 11.4 Å². The zero-order valence-electron chi connectivity index (χ0n) is 18.8. The molecule has 1 fully saturated rings. The molecule has 0 spiro atoms. The van der Waals surface area contributed by atoms with Crippen LogP contribution in [-0.2, 0) is 13.0 Å². The molecule has 2 aromatic carbocycles. The van der Waals surface area contributed by atoms with E-state index >= 15 is 0 Å². The van der Waals surface area contributed by atoms with Gasteiger partial charge >= 0.3 is 0 Å². The maximum absolute atomic E-state index is 13.2. The van der Waals surface area contributed by atoms with Crippen LogP contribution in [0.4, 0.5) is 0 Å². The van der Waals surface area contributed by atoms with Crippen molar-refractivity contribution in [2.75, 3.05) is 0 Å². The Morgan fingerprint density at radius 2 is 1.94 bits per heavy atom. The van der Waals surface area contributed by atoms with Gasteiger partial charge in [0.1, 0.15) is 12.7 Å². The number of nitrogens with zero attached hydrogens (tertiary/aromatic N) is 4. The van der Waals surface area contributed by atoms with Crippen molar-refractivity contribution in [1.82, 2.24) is 24.6 Å². The molecule has 2 aromatic heterocycles. The quantitative estimate of drug-likeness (QED) is 0.456. The minimum Gasteiger partial charge on any atom is -0.345 e. The lowest BCUT2D eigenvalue weighted by molar-refractivity contribution is 0.0884. The number of rotatable bonds is 4.